The summed E-state index contributed by atoms with van der Waals surface area (Å²) < 4.78 is 17.4. The fourth-order valence-corrected chi connectivity index (χ4v) is 2.85. The van der Waals surface area contributed by atoms with Crippen LogP contribution in [0.25, 0.3) is 0 Å². The third kappa shape index (κ3) is 4.63. The molecule has 1 aromatic rings. The average Bonchev–Trinajstić information content (AvgIpc) is 2.41. The lowest BCUT2D eigenvalue weighted by molar-refractivity contribution is 0.100. The molecule has 3 N–H and O–H groups in total. The van der Waals surface area contributed by atoms with Gasteiger partial charge in [0.2, 0.25) is 0 Å². The Kier molecular flexibility index (Phi) is 6.02. The number of ether oxygens (including phenoxy) is 1. The van der Waals surface area contributed by atoms with Crippen LogP contribution >= 0.6 is 7.14 Å². The summed E-state index contributed by atoms with van der Waals surface area (Å²) in [5.41, 5.74) is 7.16. The van der Waals surface area contributed by atoms with E-state index >= 15 is 0 Å². The Bertz CT molecular complexity index is 614. The lowest BCUT2D eigenvalue weighted by Gasteiger charge is -2.18. The lowest BCUT2D eigenvalue weighted by Crippen LogP contribution is -2.20. The van der Waals surface area contributed by atoms with Crippen LogP contribution in [0.2, 0.25) is 0 Å². The van der Waals surface area contributed by atoms with Crippen LogP contribution in [0.4, 0.5) is 5.69 Å². The average molecular weight is 308 g/mol. The van der Waals surface area contributed by atoms with E-state index in [4.69, 9.17) is 16.9 Å². The van der Waals surface area contributed by atoms with E-state index in [9.17, 15) is 9.36 Å². The van der Waals surface area contributed by atoms with Crippen molar-refractivity contribution in [2.24, 2.45) is 5.73 Å². The number of nitrogens with two attached hydrogens (primary N) is 1. The highest BCUT2D eigenvalue weighted by atomic mass is 31.2. The first-order chi connectivity index (χ1) is 9.81. The summed E-state index contributed by atoms with van der Waals surface area (Å²) in [5, 5.41) is 3.64. The van der Waals surface area contributed by atoms with Crippen LogP contribution in [0.15, 0.2) is 12.1 Å². The summed E-state index contributed by atoms with van der Waals surface area (Å²) in [6.45, 7) is 4.06. The van der Waals surface area contributed by atoms with Gasteiger partial charge in [-0.2, -0.15) is 0 Å². The van der Waals surface area contributed by atoms with E-state index < -0.39 is 13.0 Å². The molecule has 0 fully saturated rings. The van der Waals surface area contributed by atoms with E-state index in [1.165, 1.54) is 0 Å². The van der Waals surface area contributed by atoms with Crippen LogP contribution in [0.5, 0.6) is 0 Å². The predicted octanol–water partition coefficient (Wildman–Crippen LogP) is 1.27. The van der Waals surface area contributed by atoms with Crippen LogP contribution in [0.3, 0.4) is 0 Å². The second-order valence-electron chi connectivity index (χ2n) is 5.04. The number of rotatable bonds is 7. The summed E-state index contributed by atoms with van der Waals surface area (Å²) in [5.74, 6) is 1.88. The summed E-state index contributed by atoms with van der Waals surface area (Å²) in [6, 6.07) is 3.41. The number of nitrogens with one attached hydrogen (secondary N) is 1. The molecular formula is C15H21N2O3P. The first-order valence-corrected chi connectivity index (χ1v) is 9.10. The van der Waals surface area contributed by atoms with Crippen molar-refractivity contribution in [3.05, 3.63) is 23.3 Å². The van der Waals surface area contributed by atoms with E-state index in [1.807, 2.05) is 6.07 Å². The van der Waals surface area contributed by atoms with Crippen LogP contribution < -0.4 is 16.4 Å². The molecule has 0 atom stereocenters. The third-order valence-electron chi connectivity index (χ3n) is 3.03. The fourth-order valence-electron chi connectivity index (χ4n) is 1.95. The highest BCUT2D eigenvalue weighted by Crippen LogP contribution is 2.37. The Morgan fingerprint density at radius 3 is 2.62 bits per heavy atom. The van der Waals surface area contributed by atoms with E-state index in [2.05, 4.69) is 11.2 Å². The number of anilines is 1. The maximum absolute atomic E-state index is 12.3. The minimum Gasteiger partial charge on any atom is -0.384 e. The Hall–Kier alpha value is -1.76. The van der Waals surface area contributed by atoms with Crippen molar-refractivity contribution in [3.8, 4) is 12.3 Å². The molecule has 0 unspecified atom stereocenters. The zero-order chi connectivity index (χ0) is 16.0. The Morgan fingerprint density at radius 2 is 2.14 bits per heavy atom. The highest BCUT2D eigenvalue weighted by molar-refractivity contribution is 7.70. The van der Waals surface area contributed by atoms with Gasteiger partial charge in [0.25, 0.3) is 5.91 Å². The molecule has 1 amide bonds. The molecule has 5 nitrogen and oxygen atoms in total. The number of primary amides is 1. The van der Waals surface area contributed by atoms with Gasteiger partial charge in [-0.25, -0.2) is 0 Å². The molecule has 0 aliphatic rings. The van der Waals surface area contributed by atoms with Gasteiger partial charge in [-0.15, -0.1) is 6.42 Å². The van der Waals surface area contributed by atoms with Crippen molar-refractivity contribution in [3.63, 3.8) is 0 Å². The van der Waals surface area contributed by atoms with Crippen LogP contribution in [-0.2, 0) is 15.7 Å². The van der Waals surface area contributed by atoms with Gasteiger partial charge < -0.3 is 20.4 Å². The van der Waals surface area contributed by atoms with Gasteiger partial charge in [-0.3, -0.25) is 4.79 Å². The van der Waals surface area contributed by atoms with Crippen molar-refractivity contribution < 1.29 is 14.1 Å². The molecule has 0 aromatic heterocycles. The Balaban J connectivity index is 3.46. The standard InChI is InChI=1S/C15H21N2O3P/c1-5-7-17-14-11(6-8-20-2)9-12(21(3,4)19)10-13(14)15(16)18/h1,9-10,17H,6-8H2,2-4H3,(H2,16,18). The molecule has 0 saturated carbocycles. The summed E-state index contributed by atoms with van der Waals surface area (Å²) in [7, 11) is -0.911. The molecule has 114 valence electrons. The van der Waals surface area contributed by atoms with Gasteiger partial charge in [-0.05, 0) is 37.4 Å². The normalized spacial score (nSPS) is 11.0. The number of terminal acetylenes is 1. The second-order valence-corrected chi connectivity index (χ2v) is 8.26. The van der Waals surface area contributed by atoms with Gasteiger partial charge in [0, 0.05) is 12.4 Å². The summed E-state index contributed by atoms with van der Waals surface area (Å²) in [6.07, 6.45) is 5.82. The third-order valence-corrected chi connectivity index (χ3v) is 4.54. The first kappa shape index (κ1) is 17.3. The zero-order valence-corrected chi connectivity index (χ0v) is 13.5. The first-order valence-electron chi connectivity index (χ1n) is 6.49. The van der Waals surface area contributed by atoms with Crippen molar-refractivity contribution in [2.45, 2.75) is 6.42 Å². The molecule has 0 heterocycles. The molecule has 0 saturated heterocycles. The van der Waals surface area contributed by atoms with Gasteiger partial charge >= 0.3 is 0 Å². The van der Waals surface area contributed by atoms with Crippen molar-refractivity contribution in [1.29, 1.82) is 0 Å². The molecule has 0 bridgehead atoms. The Labute approximate surface area is 125 Å². The molecule has 0 aliphatic carbocycles. The maximum atomic E-state index is 12.3. The molecule has 0 aliphatic heterocycles. The molecular weight excluding hydrogens is 287 g/mol. The van der Waals surface area contributed by atoms with E-state index in [0.717, 1.165) is 5.56 Å². The molecule has 1 rings (SSSR count). The topological polar surface area (TPSA) is 81.4 Å². The molecule has 21 heavy (non-hydrogen) atoms. The second kappa shape index (κ2) is 7.31. The van der Waals surface area contributed by atoms with E-state index in [0.29, 0.717) is 29.6 Å². The number of amides is 1. The van der Waals surface area contributed by atoms with Gasteiger partial charge in [-0.1, -0.05) is 5.92 Å². The van der Waals surface area contributed by atoms with Crippen molar-refractivity contribution in [1.82, 2.24) is 0 Å². The minimum absolute atomic E-state index is 0.273. The van der Waals surface area contributed by atoms with E-state index in [-0.39, 0.29) is 6.54 Å². The monoisotopic (exact) mass is 308 g/mol. The number of methoxy groups -OCH3 is 1. The van der Waals surface area contributed by atoms with Crippen LogP contribution in [0.1, 0.15) is 15.9 Å². The number of carbonyl (C=O) groups is 1. The SMILES string of the molecule is C#CCNc1c(CCOC)cc(P(C)(C)=O)cc1C(N)=O. The largest absolute Gasteiger partial charge is 0.384 e. The number of hydrogen-bond donors (Lipinski definition) is 2. The number of hydrogen-bond acceptors (Lipinski definition) is 4. The molecule has 1 aromatic carbocycles. The summed E-state index contributed by atoms with van der Waals surface area (Å²) >= 11 is 0. The van der Waals surface area contributed by atoms with Crippen molar-refractivity contribution >= 4 is 24.0 Å². The number of carbonyl (C=O) groups excluding carboxylic acids is 1. The zero-order valence-electron chi connectivity index (χ0n) is 12.6. The van der Waals surface area contributed by atoms with Crippen LogP contribution in [-0.4, -0.2) is 39.5 Å². The van der Waals surface area contributed by atoms with E-state index in [1.54, 1.807) is 26.5 Å². The predicted molar refractivity (Wildman–Crippen MR) is 87.0 cm³/mol. The fraction of sp³-hybridized carbons (Fsp3) is 0.400. The molecule has 0 spiro atoms. The smallest absolute Gasteiger partial charge is 0.250 e. The quantitative estimate of drug-likeness (QED) is 0.587. The van der Waals surface area contributed by atoms with Gasteiger partial charge in [0.05, 0.1) is 24.4 Å². The van der Waals surface area contributed by atoms with Gasteiger partial charge in [0.15, 0.2) is 0 Å². The van der Waals surface area contributed by atoms with Crippen LogP contribution in [0, 0.1) is 12.3 Å². The van der Waals surface area contributed by atoms with Crippen molar-refractivity contribution in [2.75, 3.05) is 38.9 Å². The Morgan fingerprint density at radius 1 is 1.48 bits per heavy atom. The van der Waals surface area contributed by atoms with Gasteiger partial charge in [0.1, 0.15) is 7.14 Å². The summed E-state index contributed by atoms with van der Waals surface area (Å²) in [4.78, 5) is 11.7. The number of benzene rings is 1. The molecule has 6 heteroatoms. The highest BCUT2D eigenvalue weighted by Gasteiger charge is 2.19. The minimum atomic E-state index is -2.51. The maximum Gasteiger partial charge on any atom is 0.250 e. The lowest BCUT2D eigenvalue weighted by atomic mass is 10.0. The molecule has 0 radical (unpaired) electrons.